The minimum atomic E-state index is -4.48. The zero-order chi connectivity index (χ0) is 12.8. The molecule has 0 amide bonds. The van der Waals surface area contributed by atoms with E-state index in [0.717, 1.165) is 12.1 Å². The van der Waals surface area contributed by atoms with E-state index in [2.05, 4.69) is 20.9 Å². The number of carbonyl (C=O) groups is 1. The Hall–Kier alpha value is -1.50. The van der Waals surface area contributed by atoms with Gasteiger partial charge in [0.15, 0.2) is 0 Å². The fourth-order valence-electron chi connectivity index (χ4n) is 1.47. The number of alkyl halides is 3. The first kappa shape index (κ1) is 12.0. The van der Waals surface area contributed by atoms with Crippen molar-refractivity contribution in [3.8, 4) is 0 Å². The molecule has 1 aromatic carbocycles. The number of carboxylic acid groups (broad SMARTS) is 1. The van der Waals surface area contributed by atoms with Crippen LogP contribution in [-0.4, -0.2) is 11.0 Å². The number of hydrogen-bond acceptors (Lipinski definition) is 2. The Kier molecular flexibility index (Phi) is 2.65. The Labute approximate surface area is 101 Å². The van der Waals surface area contributed by atoms with Crippen LogP contribution in [0.1, 0.15) is 16.1 Å². The molecule has 1 N–H and O–H groups in total. The predicted molar refractivity (Wildman–Crippen MR) is 55.3 cm³/mol. The quantitative estimate of drug-likeness (QED) is 0.879. The topological polar surface area (TPSA) is 55.9 Å². The van der Waals surface area contributed by atoms with E-state index >= 15 is 0 Å². The van der Waals surface area contributed by atoms with Gasteiger partial charge in [-0.15, -0.1) is 0 Å². The summed E-state index contributed by atoms with van der Waals surface area (Å²) in [6.07, 6.45) is -4.48. The standard InChI is InChI=1S/C10H5BrF3NO2/c11-6-1-4(10(12,13)14)2-7-5(6)3-8(15-7)9(16)17/h1-3,15H,(H,16,17)/p-1. The van der Waals surface area contributed by atoms with Crippen molar-refractivity contribution in [3.63, 3.8) is 0 Å². The van der Waals surface area contributed by atoms with Gasteiger partial charge in [-0.2, -0.15) is 13.2 Å². The first-order valence-electron chi connectivity index (χ1n) is 4.40. The first-order chi connectivity index (χ1) is 7.79. The molecule has 0 spiro atoms. The summed E-state index contributed by atoms with van der Waals surface area (Å²) >= 11 is 2.97. The summed E-state index contributed by atoms with van der Waals surface area (Å²) in [6.45, 7) is 0. The van der Waals surface area contributed by atoms with E-state index in [-0.39, 0.29) is 15.7 Å². The first-order valence-corrected chi connectivity index (χ1v) is 5.19. The number of rotatable bonds is 1. The van der Waals surface area contributed by atoms with Gasteiger partial charge in [0, 0.05) is 15.4 Å². The van der Waals surface area contributed by atoms with Crippen LogP contribution in [0.3, 0.4) is 0 Å². The molecule has 0 fully saturated rings. The maximum atomic E-state index is 12.5. The average molecular weight is 307 g/mol. The summed E-state index contributed by atoms with van der Waals surface area (Å²) in [6, 6.07) is 2.97. The summed E-state index contributed by atoms with van der Waals surface area (Å²) < 4.78 is 37.7. The molecule has 17 heavy (non-hydrogen) atoms. The van der Waals surface area contributed by atoms with Gasteiger partial charge in [-0.3, -0.25) is 0 Å². The van der Waals surface area contributed by atoms with E-state index in [4.69, 9.17) is 0 Å². The van der Waals surface area contributed by atoms with Crippen LogP contribution in [0, 0.1) is 0 Å². The third-order valence-electron chi connectivity index (χ3n) is 2.23. The van der Waals surface area contributed by atoms with Gasteiger partial charge in [0.1, 0.15) is 0 Å². The summed E-state index contributed by atoms with van der Waals surface area (Å²) in [5.41, 5.74) is -1.03. The highest BCUT2D eigenvalue weighted by Gasteiger charge is 2.31. The van der Waals surface area contributed by atoms with Crippen molar-refractivity contribution in [3.05, 3.63) is 33.9 Å². The smallest absolute Gasteiger partial charge is 0.416 e. The van der Waals surface area contributed by atoms with Gasteiger partial charge in [0.05, 0.1) is 17.2 Å². The van der Waals surface area contributed by atoms with Gasteiger partial charge in [0.2, 0.25) is 0 Å². The van der Waals surface area contributed by atoms with Crippen molar-refractivity contribution in [1.29, 1.82) is 0 Å². The molecule has 90 valence electrons. The van der Waals surface area contributed by atoms with E-state index < -0.39 is 17.7 Å². The van der Waals surface area contributed by atoms with Crippen LogP contribution in [0.2, 0.25) is 0 Å². The summed E-state index contributed by atoms with van der Waals surface area (Å²) in [7, 11) is 0. The molecule has 1 aromatic heterocycles. The molecule has 2 aromatic rings. The number of benzene rings is 1. The summed E-state index contributed by atoms with van der Waals surface area (Å²) in [5.74, 6) is -1.47. The normalized spacial score (nSPS) is 12.0. The lowest BCUT2D eigenvalue weighted by Gasteiger charge is -2.07. The van der Waals surface area contributed by atoms with Crippen LogP contribution in [0.4, 0.5) is 13.2 Å². The number of nitrogens with one attached hydrogen (secondary N) is 1. The third kappa shape index (κ3) is 2.14. The van der Waals surface area contributed by atoms with Crippen molar-refractivity contribution in [1.82, 2.24) is 4.98 Å². The van der Waals surface area contributed by atoms with Crippen LogP contribution in [0.15, 0.2) is 22.7 Å². The van der Waals surface area contributed by atoms with Crippen LogP contribution in [0.25, 0.3) is 10.9 Å². The molecular formula is C10H4BrF3NO2-. The van der Waals surface area contributed by atoms with Crippen molar-refractivity contribution < 1.29 is 23.1 Å². The van der Waals surface area contributed by atoms with Gasteiger partial charge in [-0.1, -0.05) is 15.9 Å². The lowest BCUT2D eigenvalue weighted by molar-refractivity contribution is -0.255. The number of hydrogen-bond donors (Lipinski definition) is 1. The number of fused-ring (bicyclic) bond motifs is 1. The van der Waals surface area contributed by atoms with E-state index in [1.165, 1.54) is 6.07 Å². The number of carbonyl (C=O) groups excluding carboxylic acids is 1. The molecule has 0 saturated heterocycles. The van der Waals surface area contributed by atoms with Crippen LogP contribution in [-0.2, 0) is 6.18 Å². The Morgan fingerprint density at radius 3 is 2.47 bits per heavy atom. The highest BCUT2D eigenvalue weighted by atomic mass is 79.9. The number of aromatic amines is 1. The SMILES string of the molecule is O=C([O-])c1cc2c(Br)cc(C(F)(F)F)cc2[nH]1. The number of carboxylic acids is 1. The van der Waals surface area contributed by atoms with Crippen LogP contribution < -0.4 is 5.11 Å². The maximum Gasteiger partial charge on any atom is 0.416 e. The molecular weight excluding hydrogens is 303 g/mol. The molecule has 0 radical (unpaired) electrons. The van der Waals surface area contributed by atoms with Crippen LogP contribution in [0.5, 0.6) is 0 Å². The number of aromatic carboxylic acids is 1. The molecule has 0 atom stereocenters. The molecule has 2 rings (SSSR count). The Balaban J connectivity index is 2.69. The van der Waals surface area contributed by atoms with Crippen molar-refractivity contribution in [2.45, 2.75) is 6.18 Å². The average Bonchev–Trinajstić information content (AvgIpc) is 2.60. The highest BCUT2D eigenvalue weighted by Crippen LogP contribution is 2.35. The molecule has 0 aliphatic carbocycles. The fraction of sp³-hybridized carbons (Fsp3) is 0.100. The number of aromatic nitrogens is 1. The molecule has 0 bridgehead atoms. The minimum Gasteiger partial charge on any atom is -0.543 e. The Morgan fingerprint density at radius 1 is 1.29 bits per heavy atom. The zero-order valence-electron chi connectivity index (χ0n) is 8.06. The summed E-state index contributed by atoms with van der Waals surface area (Å²) in [4.78, 5) is 12.9. The van der Waals surface area contributed by atoms with Crippen molar-refractivity contribution in [2.24, 2.45) is 0 Å². The second-order valence-electron chi connectivity index (χ2n) is 3.39. The van der Waals surface area contributed by atoms with Gasteiger partial charge >= 0.3 is 6.18 Å². The van der Waals surface area contributed by atoms with E-state index in [1.807, 2.05) is 0 Å². The third-order valence-corrected chi connectivity index (χ3v) is 2.89. The Bertz CT molecular complexity index is 603. The molecule has 3 nitrogen and oxygen atoms in total. The van der Waals surface area contributed by atoms with Crippen LogP contribution >= 0.6 is 15.9 Å². The largest absolute Gasteiger partial charge is 0.543 e. The lowest BCUT2D eigenvalue weighted by Crippen LogP contribution is -2.22. The maximum absolute atomic E-state index is 12.5. The predicted octanol–water partition coefficient (Wildman–Crippen LogP) is 2.31. The second-order valence-corrected chi connectivity index (χ2v) is 4.24. The number of H-pyrrole nitrogens is 1. The van der Waals surface area contributed by atoms with Gasteiger partial charge in [-0.05, 0) is 18.2 Å². The minimum absolute atomic E-state index is 0.0888. The molecule has 1 heterocycles. The monoisotopic (exact) mass is 306 g/mol. The van der Waals surface area contributed by atoms with Crippen molar-refractivity contribution in [2.75, 3.05) is 0 Å². The fourth-order valence-corrected chi connectivity index (χ4v) is 2.04. The molecule has 0 saturated carbocycles. The summed E-state index contributed by atoms with van der Waals surface area (Å²) in [5, 5.41) is 10.9. The lowest BCUT2D eigenvalue weighted by atomic mass is 10.1. The van der Waals surface area contributed by atoms with E-state index in [0.29, 0.717) is 5.39 Å². The zero-order valence-corrected chi connectivity index (χ0v) is 9.65. The van der Waals surface area contributed by atoms with Gasteiger partial charge in [-0.25, -0.2) is 0 Å². The highest BCUT2D eigenvalue weighted by molar-refractivity contribution is 9.10. The van der Waals surface area contributed by atoms with E-state index in [1.54, 1.807) is 0 Å². The Morgan fingerprint density at radius 2 is 1.94 bits per heavy atom. The molecule has 7 heteroatoms. The second kappa shape index (κ2) is 3.76. The molecule has 0 aliphatic heterocycles. The van der Waals surface area contributed by atoms with Gasteiger partial charge in [0.25, 0.3) is 0 Å². The number of halogens is 4. The van der Waals surface area contributed by atoms with Gasteiger partial charge < -0.3 is 14.9 Å². The molecule has 0 aliphatic rings. The van der Waals surface area contributed by atoms with E-state index in [9.17, 15) is 23.1 Å². The van der Waals surface area contributed by atoms with Crippen molar-refractivity contribution >= 4 is 32.8 Å². The molecule has 0 unspecified atom stereocenters.